The number of aromatic nitrogens is 2. The average molecular weight is 258 g/mol. The first-order valence-electron chi connectivity index (χ1n) is 5.69. The standard InChI is InChI=1S/C10H18N4O2S/c1-9-8-17(15,16)5-4-13(9)2-3-14-7-10(11)6-12-14/h6-7,9H,2-5,8,11H2,1H3. The molecule has 0 aromatic carbocycles. The van der Waals surface area contributed by atoms with Crippen molar-refractivity contribution in [3.8, 4) is 0 Å². The molecule has 17 heavy (non-hydrogen) atoms. The van der Waals surface area contributed by atoms with Crippen molar-refractivity contribution in [1.29, 1.82) is 0 Å². The Morgan fingerprint density at radius 3 is 2.88 bits per heavy atom. The largest absolute Gasteiger partial charge is 0.396 e. The predicted octanol–water partition coefficient (Wildman–Crippen LogP) is -0.416. The third kappa shape index (κ3) is 3.19. The Bertz CT molecular complexity index is 482. The van der Waals surface area contributed by atoms with Gasteiger partial charge in [-0.1, -0.05) is 0 Å². The average Bonchev–Trinajstić information content (AvgIpc) is 2.62. The van der Waals surface area contributed by atoms with E-state index in [1.54, 1.807) is 17.1 Å². The van der Waals surface area contributed by atoms with Gasteiger partial charge in [0.25, 0.3) is 0 Å². The van der Waals surface area contributed by atoms with Crippen LogP contribution in [0.1, 0.15) is 6.92 Å². The Kier molecular flexibility index (Phi) is 3.39. The van der Waals surface area contributed by atoms with E-state index in [1.807, 2.05) is 6.92 Å². The minimum Gasteiger partial charge on any atom is -0.396 e. The van der Waals surface area contributed by atoms with Gasteiger partial charge in [0.15, 0.2) is 9.84 Å². The van der Waals surface area contributed by atoms with Crippen LogP contribution in [0.4, 0.5) is 5.69 Å². The Hall–Kier alpha value is -1.08. The van der Waals surface area contributed by atoms with Gasteiger partial charge in [0.05, 0.1) is 29.9 Å². The van der Waals surface area contributed by atoms with Crippen molar-refractivity contribution in [2.24, 2.45) is 0 Å². The van der Waals surface area contributed by atoms with E-state index in [0.29, 0.717) is 12.2 Å². The van der Waals surface area contributed by atoms with E-state index in [-0.39, 0.29) is 17.5 Å². The van der Waals surface area contributed by atoms with Crippen molar-refractivity contribution in [2.75, 3.05) is 30.3 Å². The molecule has 0 amide bonds. The number of hydrogen-bond acceptors (Lipinski definition) is 5. The van der Waals surface area contributed by atoms with Crippen LogP contribution in [0.15, 0.2) is 12.4 Å². The van der Waals surface area contributed by atoms with Gasteiger partial charge in [-0.2, -0.15) is 5.10 Å². The molecule has 2 heterocycles. The summed E-state index contributed by atoms with van der Waals surface area (Å²) >= 11 is 0. The molecule has 1 aromatic heterocycles. The number of sulfone groups is 1. The fourth-order valence-corrected chi connectivity index (χ4v) is 3.72. The molecule has 1 aromatic rings. The highest BCUT2D eigenvalue weighted by molar-refractivity contribution is 7.91. The first-order valence-corrected chi connectivity index (χ1v) is 7.51. The van der Waals surface area contributed by atoms with Gasteiger partial charge in [-0.3, -0.25) is 9.58 Å². The molecular formula is C10H18N4O2S. The Balaban J connectivity index is 1.88. The highest BCUT2D eigenvalue weighted by Gasteiger charge is 2.27. The minimum atomic E-state index is -2.83. The maximum absolute atomic E-state index is 11.4. The van der Waals surface area contributed by atoms with Crippen LogP contribution in [0.25, 0.3) is 0 Å². The van der Waals surface area contributed by atoms with E-state index >= 15 is 0 Å². The molecule has 0 saturated carbocycles. The molecular weight excluding hydrogens is 240 g/mol. The summed E-state index contributed by atoms with van der Waals surface area (Å²) in [6.07, 6.45) is 3.40. The molecule has 2 N–H and O–H groups in total. The second kappa shape index (κ2) is 4.66. The monoisotopic (exact) mass is 258 g/mol. The maximum atomic E-state index is 11.4. The maximum Gasteiger partial charge on any atom is 0.153 e. The molecule has 7 heteroatoms. The van der Waals surface area contributed by atoms with E-state index in [0.717, 1.165) is 13.1 Å². The summed E-state index contributed by atoms with van der Waals surface area (Å²) in [5.41, 5.74) is 6.23. The third-order valence-electron chi connectivity index (χ3n) is 3.08. The van der Waals surface area contributed by atoms with Crippen LogP contribution in [0, 0.1) is 0 Å². The summed E-state index contributed by atoms with van der Waals surface area (Å²) in [6, 6.07) is 0.0849. The molecule has 1 saturated heterocycles. The van der Waals surface area contributed by atoms with Gasteiger partial charge in [-0.15, -0.1) is 0 Å². The topological polar surface area (TPSA) is 81.2 Å². The lowest BCUT2D eigenvalue weighted by atomic mass is 10.3. The van der Waals surface area contributed by atoms with Crippen molar-refractivity contribution in [1.82, 2.24) is 14.7 Å². The zero-order valence-corrected chi connectivity index (χ0v) is 10.7. The van der Waals surface area contributed by atoms with Crippen molar-refractivity contribution in [3.05, 3.63) is 12.4 Å². The number of nitrogens with zero attached hydrogens (tertiary/aromatic N) is 3. The van der Waals surface area contributed by atoms with Crippen molar-refractivity contribution < 1.29 is 8.42 Å². The SMILES string of the molecule is CC1CS(=O)(=O)CCN1CCn1cc(N)cn1. The molecule has 0 bridgehead atoms. The quantitative estimate of drug-likeness (QED) is 0.796. The van der Waals surface area contributed by atoms with Gasteiger partial charge < -0.3 is 5.73 Å². The smallest absolute Gasteiger partial charge is 0.153 e. The van der Waals surface area contributed by atoms with Gasteiger partial charge in [0.2, 0.25) is 0 Å². The molecule has 0 radical (unpaired) electrons. The first kappa shape index (κ1) is 12.4. The van der Waals surface area contributed by atoms with Crippen LogP contribution in [-0.2, 0) is 16.4 Å². The number of rotatable bonds is 3. The molecule has 1 fully saturated rings. The molecule has 1 atom stereocenters. The van der Waals surface area contributed by atoms with Gasteiger partial charge in [0.1, 0.15) is 0 Å². The van der Waals surface area contributed by atoms with Gasteiger partial charge in [0, 0.05) is 25.3 Å². The van der Waals surface area contributed by atoms with E-state index in [4.69, 9.17) is 5.73 Å². The molecule has 0 spiro atoms. The summed E-state index contributed by atoms with van der Waals surface area (Å²) in [5, 5.41) is 4.10. The summed E-state index contributed by atoms with van der Waals surface area (Å²) in [6.45, 7) is 4.10. The molecule has 1 aliphatic heterocycles. The van der Waals surface area contributed by atoms with Crippen molar-refractivity contribution >= 4 is 15.5 Å². The van der Waals surface area contributed by atoms with Crippen LogP contribution < -0.4 is 5.73 Å². The van der Waals surface area contributed by atoms with E-state index in [9.17, 15) is 8.42 Å². The lowest BCUT2D eigenvalue weighted by Gasteiger charge is -2.32. The fraction of sp³-hybridized carbons (Fsp3) is 0.700. The molecule has 96 valence electrons. The highest BCUT2D eigenvalue weighted by Crippen LogP contribution is 2.11. The Labute approximate surface area is 101 Å². The normalized spacial score (nSPS) is 24.9. The van der Waals surface area contributed by atoms with E-state index < -0.39 is 9.84 Å². The summed E-state index contributed by atoms with van der Waals surface area (Å²) in [5.74, 6) is 0.521. The van der Waals surface area contributed by atoms with Crippen LogP contribution in [-0.4, -0.2) is 53.7 Å². The number of hydrogen-bond donors (Lipinski definition) is 1. The third-order valence-corrected chi connectivity index (χ3v) is 4.87. The van der Waals surface area contributed by atoms with Crippen molar-refractivity contribution in [3.63, 3.8) is 0 Å². The molecule has 2 rings (SSSR count). The molecule has 6 nitrogen and oxygen atoms in total. The lowest BCUT2D eigenvalue weighted by Crippen LogP contribution is -2.47. The van der Waals surface area contributed by atoms with Crippen LogP contribution in [0.3, 0.4) is 0 Å². The number of nitrogens with two attached hydrogens (primary N) is 1. The van der Waals surface area contributed by atoms with Crippen molar-refractivity contribution in [2.45, 2.75) is 19.5 Å². The Morgan fingerprint density at radius 2 is 2.29 bits per heavy atom. The van der Waals surface area contributed by atoms with Gasteiger partial charge >= 0.3 is 0 Å². The number of anilines is 1. The lowest BCUT2D eigenvalue weighted by molar-refractivity contribution is 0.215. The second-order valence-corrected chi connectivity index (χ2v) is 6.76. The van der Waals surface area contributed by atoms with E-state index in [2.05, 4.69) is 10.00 Å². The fourth-order valence-electron chi connectivity index (χ4n) is 2.10. The molecule has 1 unspecified atom stereocenters. The summed E-state index contributed by atoms with van der Waals surface area (Å²) in [7, 11) is -2.83. The van der Waals surface area contributed by atoms with Crippen LogP contribution in [0.5, 0.6) is 0 Å². The van der Waals surface area contributed by atoms with Gasteiger partial charge in [-0.05, 0) is 6.92 Å². The summed E-state index contributed by atoms with van der Waals surface area (Å²) in [4.78, 5) is 2.18. The zero-order chi connectivity index (χ0) is 12.5. The first-order chi connectivity index (χ1) is 7.96. The van der Waals surface area contributed by atoms with E-state index in [1.165, 1.54) is 0 Å². The second-order valence-electron chi connectivity index (χ2n) is 4.54. The molecule has 0 aliphatic carbocycles. The van der Waals surface area contributed by atoms with Crippen LogP contribution >= 0.6 is 0 Å². The number of nitrogen functional groups attached to an aromatic ring is 1. The highest BCUT2D eigenvalue weighted by atomic mass is 32.2. The zero-order valence-electron chi connectivity index (χ0n) is 9.91. The molecule has 1 aliphatic rings. The van der Waals surface area contributed by atoms with Crippen LogP contribution in [0.2, 0.25) is 0 Å². The summed E-state index contributed by atoms with van der Waals surface area (Å²) < 4.78 is 24.6. The minimum absolute atomic E-state index is 0.0849. The van der Waals surface area contributed by atoms with Gasteiger partial charge in [-0.25, -0.2) is 8.42 Å². The Morgan fingerprint density at radius 1 is 1.53 bits per heavy atom. The predicted molar refractivity (Wildman–Crippen MR) is 66.3 cm³/mol.